The Bertz CT molecular complexity index is 416. The molecule has 18 heavy (non-hydrogen) atoms. The van der Waals surface area contributed by atoms with E-state index in [9.17, 15) is 0 Å². The van der Waals surface area contributed by atoms with Crippen molar-refractivity contribution < 1.29 is 0 Å². The molecule has 0 aliphatic heterocycles. The van der Waals surface area contributed by atoms with E-state index < -0.39 is 0 Å². The summed E-state index contributed by atoms with van der Waals surface area (Å²) in [6.07, 6.45) is 9.61. The maximum absolute atomic E-state index is 2.43. The summed E-state index contributed by atoms with van der Waals surface area (Å²) < 4.78 is 2.97. The van der Waals surface area contributed by atoms with E-state index in [1.165, 1.54) is 54.3 Å². The van der Waals surface area contributed by atoms with Gasteiger partial charge in [-0.2, -0.15) is 0 Å². The summed E-state index contributed by atoms with van der Waals surface area (Å²) >= 11 is 3.89. The van der Waals surface area contributed by atoms with Crippen LogP contribution in [0.25, 0.3) is 9.40 Å². The standard InChI is InChI=1S/C16H24S2/c1-3-5-7-13(8-6-4-2)11-14-12-16-15(18-14)9-10-17-16/h9-10,12-13H,3-8,11H2,1-2H3. The Kier molecular flexibility index (Phi) is 5.71. The van der Waals surface area contributed by atoms with Crippen molar-refractivity contribution in [2.75, 3.05) is 0 Å². The van der Waals surface area contributed by atoms with Crippen LogP contribution in [-0.4, -0.2) is 0 Å². The quantitative estimate of drug-likeness (QED) is 0.517. The zero-order valence-corrected chi connectivity index (χ0v) is 13.2. The van der Waals surface area contributed by atoms with Crippen molar-refractivity contribution in [1.29, 1.82) is 0 Å². The smallest absolute Gasteiger partial charge is 0.0453 e. The summed E-state index contributed by atoms with van der Waals surface area (Å²) in [5, 5.41) is 2.20. The van der Waals surface area contributed by atoms with Crippen LogP contribution in [0.2, 0.25) is 0 Å². The number of rotatable bonds is 8. The predicted molar refractivity (Wildman–Crippen MR) is 85.9 cm³/mol. The molecule has 2 heteroatoms. The van der Waals surface area contributed by atoms with E-state index in [1.807, 2.05) is 22.7 Å². The molecule has 0 saturated heterocycles. The summed E-state index contributed by atoms with van der Waals surface area (Å²) in [6, 6.07) is 4.69. The fraction of sp³-hybridized carbons (Fsp3) is 0.625. The summed E-state index contributed by atoms with van der Waals surface area (Å²) in [4.78, 5) is 1.61. The van der Waals surface area contributed by atoms with Gasteiger partial charge in [0.1, 0.15) is 0 Å². The highest BCUT2D eigenvalue weighted by atomic mass is 32.1. The van der Waals surface area contributed by atoms with Crippen molar-refractivity contribution in [1.82, 2.24) is 0 Å². The summed E-state index contributed by atoms with van der Waals surface area (Å²) in [6.45, 7) is 4.61. The van der Waals surface area contributed by atoms with E-state index >= 15 is 0 Å². The molecular weight excluding hydrogens is 256 g/mol. The maximum Gasteiger partial charge on any atom is 0.0453 e. The number of unbranched alkanes of at least 4 members (excludes halogenated alkanes) is 2. The SMILES string of the molecule is CCCCC(CCCC)Cc1cc2sccc2s1. The zero-order chi connectivity index (χ0) is 12.8. The second kappa shape index (κ2) is 7.30. The van der Waals surface area contributed by atoms with Crippen molar-refractivity contribution in [3.05, 3.63) is 22.4 Å². The van der Waals surface area contributed by atoms with Crippen LogP contribution in [-0.2, 0) is 6.42 Å². The minimum atomic E-state index is 0.914. The molecule has 2 aromatic heterocycles. The summed E-state index contributed by atoms with van der Waals surface area (Å²) in [7, 11) is 0. The third-order valence-corrected chi connectivity index (χ3v) is 5.73. The lowest BCUT2D eigenvalue weighted by Crippen LogP contribution is -2.03. The minimum absolute atomic E-state index is 0.914. The van der Waals surface area contributed by atoms with Crippen molar-refractivity contribution >= 4 is 32.1 Å². The largest absolute Gasteiger partial charge is 0.143 e. The first kappa shape index (κ1) is 14.1. The van der Waals surface area contributed by atoms with E-state index in [2.05, 4.69) is 31.4 Å². The molecular formula is C16H24S2. The van der Waals surface area contributed by atoms with Gasteiger partial charge in [0.05, 0.1) is 0 Å². The maximum atomic E-state index is 2.43. The summed E-state index contributed by atoms with van der Waals surface area (Å²) in [5.41, 5.74) is 0. The lowest BCUT2D eigenvalue weighted by Gasteiger charge is -2.15. The van der Waals surface area contributed by atoms with E-state index in [0.29, 0.717) is 0 Å². The molecule has 0 fully saturated rings. The topological polar surface area (TPSA) is 0 Å². The average molecular weight is 281 g/mol. The molecule has 0 radical (unpaired) electrons. The van der Waals surface area contributed by atoms with Gasteiger partial charge in [0.15, 0.2) is 0 Å². The Balaban J connectivity index is 1.95. The van der Waals surface area contributed by atoms with Crippen LogP contribution < -0.4 is 0 Å². The van der Waals surface area contributed by atoms with Crippen LogP contribution in [0, 0.1) is 5.92 Å². The molecule has 0 atom stereocenters. The van der Waals surface area contributed by atoms with E-state index in [-0.39, 0.29) is 0 Å². The third kappa shape index (κ3) is 3.83. The van der Waals surface area contributed by atoms with Gasteiger partial charge in [-0.1, -0.05) is 52.4 Å². The normalized spacial score (nSPS) is 11.7. The van der Waals surface area contributed by atoms with Crippen molar-refractivity contribution in [3.63, 3.8) is 0 Å². The molecule has 2 aromatic rings. The van der Waals surface area contributed by atoms with Gasteiger partial charge in [0.25, 0.3) is 0 Å². The molecule has 0 aliphatic carbocycles. The van der Waals surface area contributed by atoms with E-state index in [4.69, 9.17) is 0 Å². The molecule has 100 valence electrons. The Morgan fingerprint density at radius 3 is 2.39 bits per heavy atom. The van der Waals surface area contributed by atoms with Gasteiger partial charge < -0.3 is 0 Å². The van der Waals surface area contributed by atoms with Gasteiger partial charge in [0.2, 0.25) is 0 Å². The van der Waals surface area contributed by atoms with Gasteiger partial charge >= 0.3 is 0 Å². The number of hydrogen-bond acceptors (Lipinski definition) is 2. The Morgan fingerprint density at radius 1 is 1.06 bits per heavy atom. The van der Waals surface area contributed by atoms with Crippen molar-refractivity contribution in [2.45, 2.75) is 58.8 Å². The average Bonchev–Trinajstić information content (AvgIpc) is 2.93. The van der Waals surface area contributed by atoms with E-state index in [1.54, 1.807) is 4.88 Å². The van der Waals surface area contributed by atoms with Gasteiger partial charge in [-0.15, -0.1) is 22.7 Å². The number of hydrogen-bond donors (Lipinski definition) is 0. The first-order chi connectivity index (χ1) is 8.83. The Labute approximate surface area is 119 Å². The monoisotopic (exact) mass is 280 g/mol. The second-order valence-electron chi connectivity index (χ2n) is 5.22. The molecule has 0 unspecified atom stereocenters. The van der Waals surface area contributed by atoms with Gasteiger partial charge in [0, 0.05) is 14.3 Å². The molecule has 0 spiro atoms. The molecule has 0 bridgehead atoms. The molecule has 0 aromatic carbocycles. The van der Waals surface area contributed by atoms with Crippen LogP contribution in [0.1, 0.15) is 57.2 Å². The number of fused-ring (bicyclic) bond motifs is 1. The van der Waals surface area contributed by atoms with E-state index in [0.717, 1.165) is 5.92 Å². The van der Waals surface area contributed by atoms with Crippen LogP contribution in [0.3, 0.4) is 0 Å². The zero-order valence-electron chi connectivity index (χ0n) is 11.6. The van der Waals surface area contributed by atoms with Gasteiger partial charge in [-0.3, -0.25) is 0 Å². The first-order valence-corrected chi connectivity index (χ1v) is 8.99. The highest BCUT2D eigenvalue weighted by molar-refractivity contribution is 7.26. The predicted octanol–water partition coefficient (Wildman–Crippen LogP) is 6.50. The number of thiophene rings is 2. The fourth-order valence-electron chi connectivity index (χ4n) is 2.53. The van der Waals surface area contributed by atoms with Crippen LogP contribution in [0.15, 0.2) is 17.5 Å². The molecule has 0 amide bonds. The first-order valence-electron chi connectivity index (χ1n) is 7.29. The third-order valence-electron chi connectivity index (χ3n) is 3.61. The second-order valence-corrected chi connectivity index (χ2v) is 7.33. The minimum Gasteiger partial charge on any atom is -0.143 e. The highest BCUT2D eigenvalue weighted by Gasteiger charge is 2.11. The molecule has 0 saturated carbocycles. The molecule has 0 aliphatic rings. The molecule has 0 nitrogen and oxygen atoms in total. The van der Waals surface area contributed by atoms with Crippen molar-refractivity contribution in [3.8, 4) is 0 Å². The summed E-state index contributed by atoms with van der Waals surface area (Å²) in [5.74, 6) is 0.914. The Hall–Kier alpha value is -0.340. The van der Waals surface area contributed by atoms with Gasteiger partial charge in [-0.05, 0) is 29.9 Å². The molecule has 2 rings (SSSR count). The molecule has 2 heterocycles. The van der Waals surface area contributed by atoms with Crippen molar-refractivity contribution in [2.24, 2.45) is 5.92 Å². The molecule has 0 N–H and O–H groups in total. The fourth-order valence-corrected chi connectivity index (χ4v) is 4.78. The van der Waals surface area contributed by atoms with Crippen LogP contribution in [0.4, 0.5) is 0 Å². The van der Waals surface area contributed by atoms with Crippen LogP contribution >= 0.6 is 22.7 Å². The Morgan fingerprint density at radius 2 is 1.78 bits per heavy atom. The van der Waals surface area contributed by atoms with Crippen LogP contribution in [0.5, 0.6) is 0 Å². The lowest BCUT2D eigenvalue weighted by atomic mass is 9.92. The lowest BCUT2D eigenvalue weighted by molar-refractivity contribution is 0.419. The van der Waals surface area contributed by atoms with Gasteiger partial charge in [-0.25, -0.2) is 0 Å². The highest BCUT2D eigenvalue weighted by Crippen LogP contribution is 2.32.